The minimum absolute atomic E-state index is 0.253. The van der Waals surface area contributed by atoms with Crippen molar-refractivity contribution in [2.24, 2.45) is 5.10 Å². The average Bonchev–Trinajstić information content (AvgIpc) is 2.39. The molecule has 0 atom stereocenters. The summed E-state index contributed by atoms with van der Waals surface area (Å²) in [5.41, 5.74) is 0.561. The Morgan fingerprint density at radius 3 is 2.59 bits per heavy atom. The van der Waals surface area contributed by atoms with Crippen LogP contribution in [0.3, 0.4) is 0 Å². The lowest BCUT2D eigenvalue weighted by Crippen LogP contribution is -2.16. The van der Waals surface area contributed by atoms with E-state index < -0.39 is 0 Å². The molecule has 0 aliphatic carbocycles. The van der Waals surface area contributed by atoms with Gasteiger partial charge in [-0.05, 0) is 18.2 Å². The zero-order chi connectivity index (χ0) is 12.1. The predicted octanol–water partition coefficient (Wildman–Crippen LogP) is 2.84. The van der Waals surface area contributed by atoms with Gasteiger partial charge in [0.2, 0.25) is 0 Å². The maximum atomic E-state index is 13.5. The Morgan fingerprint density at radius 2 is 1.94 bits per heavy atom. The molecular weight excluding hydrogens is 217 g/mol. The number of anilines is 1. The number of hydrazone groups is 1. The molecule has 0 amide bonds. The molecule has 0 radical (unpaired) electrons. The Kier molecular flexibility index (Phi) is 3.45. The van der Waals surface area contributed by atoms with Crippen molar-refractivity contribution in [3.8, 4) is 0 Å². The summed E-state index contributed by atoms with van der Waals surface area (Å²) in [4.78, 5) is 4.15. The summed E-state index contributed by atoms with van der Waals surface area (Å²) in [5.74, 6) is 0.392. The standard InChI is InChI=1S/C13H12FN3/c1-15-17(13-8-4-5-9-16-13)10-11-6-2-3-7-12(11)14/h2-9H,1,10H2. The van der Waals surface area contributed by atoms with Gasteiger partial charge in [0.1, 0.15) is 11.6 Å². The molecule has 0 aliphatic rings. The fourth-order valence-electron chi connectivity index (χ4n) is 1.50. The highest BCUT2D eigenvalue weighted by Crippen LogP contribution is 2.15. The second kappa shape index (κ2) is 5.21. The van der Waals surface area contributed by atoms with Crippen LogP contribution in [0.5, 0.6) is 0 Å². The first-order valence-corrected chi connectivity index (χ1v) is 5.20. The topological polar surface area (TPSA) is 28.5 Å². The van der Waals surface area contributed by atoms with Gasteiger partial charge in [0.25, 0.3) is 0 Å². The molecular formula is C13H12FN3. The molecule has 4 heteroatoms. The molecule has 17 heavy (non-hydrogen) atoms. The zero-order valence-electron chi connectivity index (χ0n) is 9.25. The van der Waals surface area contributed by atoms with Crippen molar-refractivity contribution >= 4 is 12.5 Å². The summed E-state index contributed by atoms with van der Waals surface area (Å²) < 4.78 is 13.5. The molecule has 0 unspecified atom stereocenters. The number of nitrogens with zero attached hydrogens (tertiary/aromatic N) is 3. The van der Waals surface area contributed by atoms with Crippen LogP contribution >= 0.6 is 0 Å². The van der Waals surface area contributed by atoms with Crippen LogP contribution in [0, 0.1) is 5.82 Å². The molecule has 2 aromatic rings. The van der Waals surface area contributed by atoms with E-state index in [1.165, 1.54) is 6.07 Å². The summed E-state index contributed by atoms with van der Waals surface area (Å²) in [7, 11) is 0. The Labute approximate surface area is 99.2 Å². The van der Waals surface area contributed by atoms with Gasteiger partial charge in [0.15, 0.2) is 0 Å². The number of rotatable bonds is 4. The molecule has 0 saturated heterocycles. The van der Waals surface area contributed by atoms with Gasteiger partial charge in [-0.3, -0.25) is 0 Å². The third-order valence-corrected chi connectivity index (χ3v) is 2.36. The molecule has 1 aromatic carbocycles. The highest BCUT2D eigenvalue weighted by Gasteiger charge is 2.08. The van der Waals surface area contributed by atoms with Crippen LogP contribution in [0.25, 0.3) is 0 Å². The lowest BCUT2D eigenvalue weighted by atomic mass is 10.2. The number of aromatic nitrogens is 1. The minimum atomic E-state index is -0.253. The van der Waals surface area contributed by atoms with Crippen molar-refractivity contribution < 1.29 is 4.39 Å². The maximum Gasteiger partial charge on any atom is 0.148 e. The first kappa shape index (κ1) is 11.3. The van der Waals surface area contributed by atoms with E-state index in [2.05, 4.69) is 16.8 Å². The molecule has 0 aliphatic heterocycles. The highest BCUT2D eigenvalue weighted by molar-refractivity contribution is 5.41. The highest BCUT2D eigenvalue weighted by atomic mass is 19.1. The van der Waals surface area contributed by atoms with E-state index >= 15 is 0 Å². The largest absolute Gasteiger partial charge is 0.244 e. The van der Waals surface area contributed by atoms with Crippen molar-refractivity contribution in [2.75, 3.05) is 5.01 Å². The predicted molar refractivity (Wildman–Crippen MR) is 66.4 cm³/mol. The Morgan fingerprint density at radius 1 is 1.18 bits per heavy atom. The number of pyridine rings is 1. The maximum absolute atomic E-state index is 13.5. The fourth-order valence-corrected chi connectivity index (χ4v) is 1.50. The van der Waals surface area contributed by atoms with Crippen molar-refractivity contribution in [1.82, 2.24) is 4.98 Å². The van der Waals surface area contributed by atoms with Gasteiger partial charge in [-0.2, -0.15) is 5.10 Å². The fraction of sp³-hybridized carbons (Fsp3) is 0.0769. The van der Waals surface area contributed by atoms with Gasteiger partial charge in [0.05, 0.1) is 6.54 Å². The second-order valence-corrected chi connectivity index (χ2v) is 3.48. The van der Waals surface area contributed by atoms with Crippen LogP contribution < -0.4 is 5.01 Å². The summed E-state index contributed by atoms with van der Waals surface area (Å²) >= 11 is 0. The average molecular weight is 229 g/mol. The van der Waals surface area contributed by atoms with Crippen LogP contribution in [0.1, 0.15) is 5.56 Å². The van der Waals surface area contributed by atoms with Crippen molar-refractivity contribution in [3.05, 3.63) is 60.0 Å². The van der Waals surface area contributed by atoms with E-state index in [9.17, 15) is 4.39 Å². The molecule has 0 bridgehead atoms. The molecule has 3 nitrogen and oxygen atoms in total. The number of hydrogen-bond donors (Lipinski definition) is 0. The van der Waals surface area contributed by atoms with E-state index in [1.807, 2.05) is 12.1 Å². The summed E-state index contributed by atoms with van der Waals surface area (Å²) in [5, 5.41) is 5.40. The summed E-state index contributed by atoms with van der Waals surface area (Å²) in [6.45, 7) is 3.79. The first-order valence-electron chi connectivity index (χ1n) is 5.20. The third kappa shape index (κ3) is 2.66. The SMILES string of the molecule is C=NN(Cc1ccccc1F)c1ccccn1. The summed E-state index contributed by atoms with van der Waals surface area (Å²) in [6, 6.07) is 12.1. The molecule has 0 saturated carbocycles. The zero-order valence-corrected chi connectivity index (χ0v) is 9.25. The number of hydrogen-bond acceptors (Lipinski definition) is 3. The van der Waals surface area contributed by atoms with E-state index in [0.29, 0.717) is 17.9 Å². The van der Waals surface area contributed by atoms with Crippen LogP contribution in [-0.2, 0) is 6.54 Å². The Hall–Kier alpha value is -2.23. The Balaban J connectivity index is 2.22. The van der Waals surface area contributed by atoms with E-state index in [1.54, 1.807) is 35.5 Å². The van der Waals surface area contributed by atoms with E-state index in [0.717, 1.165) is 0 Å². The van der Waals surface area contributed by atoms with Gasteiger partial charge < -0.3 is 0 Å². The van der Waals surface area contributed by atoms with Crippen LogP contribution in [0.15, 0.2) is 53.8 Å². The number of benzene rings is 1. The van der Waals surface area contributed by atoms with E-state index in [4.69, 9.17) is 0 Å². The first-order chi connectivity index (χ1) is 8.31. The lowest BCUT2D eigenvalue weighted by molar-refractivity contribution is 0.605. The van der Waals surface area contributed by atoms with Gasteiger partial charge >= 0.3 is 0 Å². The van der Waals surface area contributed by atoms with Crippen LogP contribution in [0.2, 0.25) is 0 Å². The molecule has 0 N–H and O–H groups in total. The third-order valence-electron chi connectivity index (χ3n) is 2.36. The molecule has 0 fully saturated rings. The summed E-state index contributed by atoms with van der Waals surface area (Å²) in [6.07, 6.45) is 1.66. The van der Waals surface area contributed by atoms with E-state index in [-0.39, 0.29) is 5.82 Å². The lowest BCUT2D eigenvalue weighted by Gasteiger charge is -2.17. The van der Waals surface area contributed by atoms with Gasteiger partial charge in [-0.25, -0.2) is 14.4 Å². The van der Waals surface area contributed by atoms with Crippen LogP contribution in [-0.4, -0.2) is 11.7 Å². The molecule has 1 aromatic heterocycles. The molecule has 86 valence electrons. The van der Waals surface area contributed by atoms with Crippen molar-refractivity contribution in [3.63, 3.8) is 0 Å². The number of halogens is 1. The van der Waals surface area contributed by atoms with Gasteiger partial charge in [0, 0.05) is 18.5 Å². The van der Waals surface area contributed by atoms with Gasteiger partial charge in [-0.1, -0.05) is 24.3 Å². The molecule has 2 rings (SSSR count). The normalized spacial score (nSPS) is 9.94. The van der Waals surface area contributed by atoms with Crippen molar-refractivity contribution in [1.29, 1.82) is 0 Å². The quantitative estimate of drug-likeness (QED) is 0.595. The second-order valence-electron chi connectivity index (χ2n) is 3.48. The monoisotopic (exact) mass is 229 g/mol. The van der Waals surface area contributed by atoms with Gasteiger partial charge in [-0.15, -0.1) is 0 Å². The minimum Gasteiger partial charge on any atom is -0.244 e. The smallest absolute Gasteiger partial charge is 0.148 e. The molecule has 1 heterocycles. The van der Waals surface area contributed by atoms with Crippen molar-refractivity contribution in [2.45, 2.75) is 6.54 Å². The van der Waals surface area contributed by atoms with Crippen LogP contribution in [0.4, 0.5) is 10.2 Å². The Bertz CT molecular complexity index is 499. The molecule has 0 spiro atoms.